The first kappa shape index (κ1) is 12.8. The van der Waals surface area contributed by atoms with Crippen LogP contribution >= 0.6 is 15.9 Å². The number of halogens is 1. The van der Waals surface area contributed by atoms with Gasteiger partial charge >= 0.3 is 6.09 Å². The van der Waals surface area contributed by atoms with Crippen molar-refractivity contribution in [2.24, 2.45) is 0 Å². The first-order valence-corrected chi connectivity index (χ1v) is 6.21. The van der Waals surface area contributed by atoms with Crippen molar-refractivity contribution >= 4 is 33.7 Å². The van der Waals surface area contributed by atoms with Crippen molar-refractivity contribution in [1.82, 2.24) is 9.88 Å². The molecule has 6 nitrogen and oxygen atoms in total. The molecule has 1 N–H and O–H groups in total. The number of aromatic nitrogens is 1. The second-order valence-corrected chi connectivity index (χ2v) is 4.89. The van der Waals surface area contributed by atoms with Gasteiger partial charge in [-0.05, 0) is 35.0 Å². The molecule has 1 fully saturated rings. The lowest BCUT2D eigenvalue weighted by molar-refractivity contribution is -0.121. The van der Waals surface area contributed by atoms with E-state index in [1.807, 2.05) is 0 Å². The average molecular weight is 314 g/mol. The first-order chi connectivity index (χ1) is 8.49. The third-order valence-corrected chi connectivity index (χ3v) is 3.25. The lowest BCUT2D eigenvalue weighted by atomic mass is 10.2. The fourth-order valence-electron chi connectivity index (χ4n) is 1.88. The van der Waals surface area contributed by atoms with Crippen LogP contribution in [0.5, 0.6) is 0 Å². The average Bonchev–Trinajstić information content (AvgIpc) is 2.31. The number of amides is 2. The minimum absolute atomic E-state index is 0.134. The maximum Gasteiger partial charge on any atom is 0.408 e. The van der Waals surface area contributed by atoms with Crippen LogP contribution in [0, 0.1) is 0 Å². The molecule has 0 bridgehead atoms. The van der Waals surface area contributed by atoms with Crippen molar-refractivity contribution < 1.29 is 14.7 Å². The van der Waals surface area contributed by atoms with Crippen LogP contribution in [-0.4, -0.2) is 46.1 Å². The van der Waals surface area contributed by atoms with E-state index in [0.717, 1.165) is 4.90 Å². The summed E-state index contributed by atoms with van der Waals surface area (Å²) in [4.78, 5) is 29.7. The molecule has 18 heavy (non-hydrogen) atoms. The highest BCUT2D eigenvalue weighted by atomic mass is 79.9. The molecule has 0 spiro atoms. The molecule has 0 radical (unpaired) electrons. The molecule has 1 aliphatic rings. The van der Waals surface area contributed by atoms with Gasteiger partial charge in [0.05, 0.1) is 6.04 Å². The molecule has 1 aromatic rings. The number of nitrogens with zero attached hydrogens (tertiary/aromatic N) is 3. The molecular formula is C11H12BrN3O3. The molecule has 0 aliphatic carbocycles. The van der Waals surface area contributed by atoms with Crippen LogP contribution in [0.25, 0.3) is 0 Å². The molecule has 0 unspecified atom stereocenters. The quantitative estimate of drug-likeness (QED) is 0.798. The second-order valence-electron chi connectivity index (χ2n) is 4.08. The number of carbonyl (C=O) groups is 2. The Bertz CT molecular complexity index is 494. The smallest absolute Gasteiger partial charge is 0.408 e. The molecule has 96 valence electrons. The highest BCUT2D eigenvalue weighted by molar-refractivity contribution is 9.10. The summed E-state index contributed by atoms with van der Waals surface area (Å²) in [5.74, 6) is 0.271. The maximum absolute atomic E-state index is 11.9. The molecule has 1 aromatic heterocycles. The van der Waals surface area contributed by atoms with E-state index in [-0.39, 0.29) is 18.5 Å². The summed E-state index contributed by atoms with van der Waals surface area (Å²) in [6.07, 6.45) is -1.07. The van der Waals surface area contributed by atoms with Crippen molar-refractivity contribution in [2.45, 2.75) is 13.0 Å². The van der Waals surface area contributed by atoms with Gasteiger partial charge in [-0.2, -0.15) is 0 Å². The third-order valence-electron chi connectivity index (χ3n) is 2.81. The minimum Gasteiger partial charge on any atom is -0.465 e. The van der Waals surface area contributed by atoms with Crippen molar-refractivity contribution in [1.29, 1.82) is 0 Å². The first-order valence-electron chi connectivity index (χ1n) is 5.41. The number of hydrogen-bond acceptors (Lipinski definition) is 3. The van der Waals surface area contributed by atoms with E-state index in [1.54, 1.807) is 25.1 Å². The molecular weight excluding hydrogens is 302 g/mol. The van der Waals surface area contributed by atoms with Crippen LogP contribution in [-0.2, 0) is 4.79 Å². The number of anilines is 1. The Labute approximate surface area is 112 Å². The molecule has 1 aliphatic heterocycles. The molecule has 1 atom stereocenters. The summed E-state index contributed by atoms with van der Waals surface area (Å²) in [6, 6.07) is 5.03. The molecule has 1 saturated heterocycles. The van der Waals surface area contributed by atoms with Crippen LogP contribution in [0.2, 0.25) is 0 Å². The van der Waals surface area contributed by atoms with Gasteiger partial charge in [-0.25, -0.2) is 9.78 Å². The zero-order valence-corrected chi connectivity index (χ0v) is 11.3. The van der Waals surface area contributed by atoms with Crippen molar-refractivity contribution in [2.75, 3.05) is 18.0 Å². The Balaban J connectivity index is 2.22. The van der Waals surface area contributed by atoms with E-state index >= 15 is 0 Å². The molecule has 0 saturated carbocycles. The van der Waals surface area contributed by atoms with Crippen LogP contribution < -0.4 is 4.90 Å². The predicted molar refractivity (Wildman–Crippen MR) is 68.5 cm³/mol. The van der Waals surface area contributed by atoms with Gasteiger partial charge in [0, 0.05) is 6.54 Å². The van der Waals surface area contributed by atoms with E-state index in [4.69, 9.17) is 5.11 Å². The second kappa shape index (κ2) is 4.93. The molecule has 2 amide bonds. The van der Waals surface area contributed by atoms with Gasteiger partial charge in [0.2, 0.25) is 5.91 Å². The molecule has 0 aromatic carbocycles. The SMILES string of the molecule is C[C@@H]1CN(c2cccc(Br)n2)C(=O)CN1C(=O)O. The Morgan fingerprint density at radius 2 is 2.28 bits per heavy atom. The Hall–Kier alpha value is -1.63. The maximum atomic E-state index is 11.9. The number of pyridine rings is 1. The van der Waals surface area contributed by atoms with E-state index in [1.165, 1.54) is 4.90 Å². The predicted octanol–water partition coefficient (Wildman–Crippen LogP) is 1.56. The molecule has 7 heteroatoms. The van der Waals surface area contributed by atoms with E-state index in [0.29, 0.717) is 17.0 Å². The normalized spacial score (nSPS) is 20.1. The van der Waals surface area contributed by atoms with Crippen molar-refractivity contribution in [3.05, 3.63) is 22.8 Å². The summed E-state index contributed by atoms with van der Waals surface area (Å²) >= 11 is 3.25. The van der Waals surface area contributed by atoms with E-state index < -0.39 is 6.09 Å². The van der Waals surface area contributed by atoms with Gasteiger partial charge in [0.1, 0.15) is 17.0 Å². The zero-order valence-electron chi connectivity index (χ0n) is 9.71. The number of rotatable bonds is 1. The van der Waals surface area contributed by atoms with Gasteiger partial charge in [0.15, 0.2) is 0 Å². The lowest BCUT2D eigenvalue weighted by Crippen LogP contribution is -2.57. The molecule has 2 rings (SSSR count). The van der Waals surface area contributed by atoms with Gasteiger partial charge < -0.3 is 5.11 Å². The van der Waals surface area contributed by atoms with Crippen LogP contribution in [0.3, 0.4) is 0 Å². The van der Waals surface area contributed by atoms with E-state index in [2.05, 4.69) is 20.9 Å². The van der Waals surface area contributed by atoms with Crippen LogP contribution in [0.1, 0.15) is 6.92 Å². The van der Waals surface area contributed by atoms with Gasteiger partial charge in [-0.15, -0.1) is 0 Å². The Morgan fingerprint density at radius 1 is 1.56 bits per heavy atom. The number of hydrogen-bond donors (Lipinski definition) is 1. The van der Waals surface area contributed by atoms with E-state index in [9.17, 15) is 9.59 Å². The monoisotopic (exact) mass is 313 g/mol. The van der Waals surface area contributed by atoms with Crippen LogP contribution in [0.4, 0.5) is 10.6 Å². The highest BCUT2D eigenvalue weighted by Gasteiger charge is 2.33. The fraction of sp³-hybridized carbons (Fsp3) is 0.364. The third kappa shape index (κ3) is 2.45. The Morgan fingerprint density at radius 3 is 2.89 bits per heavy atom. The van der Waals surface area contributed by atoms with Crippen molar-refractivity contribution in [3.63, 3.8) is 0 Å². The number of carbonyl (C=O) groups excluding carboxylic acids is 1. The minimum atomic E-state index is -1.07. The summed E-state index contributed by atoms with van der Waals surface area (Å²) in [6.45, 7) is 1.95. The van der Waals surface area contributed by atoms with Crippen molar-refractivity contribution in [3.8, 4) is 0 Å². The topological polar surface area (TPSA) is 73.7 Å². The molecule has 2 heterocycles. The van der Waals surface area contributed by atoms with Gasteiger partial charge in [0.25, 0.3) is 0 Å². The summed E-state index contributed by atoms with van der Waals surface area (Å²) in [7, 11) is 0. The van der Waals surface area contributed by atoms with Crippen LogP contribution in [0.15, 0.2) is 22.8 Å². The zero-order chi connectivity index (χ0) is 13.3. The van der Waals surface area contributed by atoms with Gasteiger partial charge in [-0.3, -0.25) is 14.6 Å². The summed E-state index contributed by atoms with van der Waals surface area (Å²) in [5.41, 5.74) is 0. The standard InChI is InChI=1S/C11H12BrN3O3/c1-7-5-15(9-4-2-3-8(12)13-9)10(16)6-14(7)11(17)18/h2-4,7H,5-6H2,1H3,(H,17,18)/t7-/m1/s1. The largest absolute Gasteiger partial charge is 0.465 e. The lowest BCUT2D eigenvalue weighted by Gasteiger charge is -2.37. The number of piperazine rings is 1. The van der Waals surface area contributed by atoms with Gasteiger partial charge in [-0.1, -0.05) is 6.07 Å². The highest BCUT2D eigenvalue weighted by Crippen LogP contribution is 2.20. The Kier molecular flexibility index (Phi) is 3.51. The summed E-state index contributed by atoms with van der Waals surface area (Å²) < 4.78 is 0.640. The number of carboxylic acid groups (broad SMARTS) is 1. The summed E-state index contributed by atoms with van der Waals surface area (Å²) in [5, 5.41) is 8.96. The fourth-order valence-corrected chi connectivity index (χ4v) is 2.21.